The van der Waals surface area contributed by atoms with Gasteiger partial charge >= 0.3 is 0 Å². The van der Waals surface area contributed by atoms with Crippen LogP contribution in [0, 0.1) is 6.92 Å². The summed E-state index contributed by atoms with van der Waals surface area (Å²) < 4.78 is 0. The third kappa shape index (κ3) is 2.62. The molecule has 1 nitrogen and oxygen atoms in total. The van der Waals surface area contributed by atoms with Crippen molar-refractivity contribution in [2.75, 3.05) is 0 Å². The van der Waals surface area contributed by atoms with E-state index in [1.807, 2.05) is 19.1 Å². The predicted molar refractivity (Wildman–Crippen MR) is 56.8 cm³/mol. The first kappa shape index (κ1) is 9.85. The van der Waals surface area contributed by atoms with Gasteiger partial charge in [-0.25, -0.2) is 0 Å². The number of hydrogen-bond donors (Lipinski definition) is 1. The zero-order valence-corrected chi connectivity index (χ0v) is 8.25. The van der Waals surface area contributed by atoms with Crippen LogP contribution in [0.5, 0.6) is 5.75 Å². The first-order chi connectivity index (χ1) is 6.25. The van der Waals surface area contributed by atoms with E-state index in [4.69, 9.17) is 0 Å². The van der Waals surface area contributed by atoms with Gasteiger partial charge in [-0.05, 0) is 30.5 Å². The summed E-state index contributed by atoms with van der Waals surface area (Å²) in [5, 5.41) is 9.42. The van der Waals surface area contributed by atoms with Gasteiger partial charge in [0.15, 0.2) is 0 Å². The molecule has 0 heterocycles. The van der Waals surface area contributed by atoms with E-state index in [1.54, 1.807) is 6.07 Å². The topological polar surface area (TPSA) is 20.2 Å². The van der Waals surface area contributed by atoms with Crippen LogP contribution in [-0.4, -0.2) is 5.11 Å². The van der Waals surface area contributed by atoms with Gasteiger partial charge in [-0.1, -0.05) is 37.6 Å². The lowest BCUT2D eigenvalue weighted by Gasteiger charge is -2.01. The first-order valence-electron chi connectivity index (χ1n) is 4.70. The SMILES string of the molecule is CCCC=Cc1cccc(O)c1C. The van der Waals surface area contributed by atoms with E-state index in [2.05, 4.69) is 19.1 Å². The van der Waals surface area contributed by atoms with E-state index in [0.717, 1.165) is 24.0 Å². The zero-order chi connectivity index (χ0) is 9.68. The van der Waals surface area contributed by atoms with Gasteiger partial charge in [0.1, 0.15) is 5.75 Å². The molecule has 0 saturated heterocycles. The minimum Gasteiger partial charge on any atom is -0.508 e. The summed E-state index contributed by atoms with van der Waals surface area (Å²) in [5.41, 5.74) is 2.06. The van der Waals surface area contributed by atoms with Crippen molar-refractivity contribution in [1.29, 1.82) is 0 Å². The van der Waals surface area contributed by atoms with Gasteiger partial charge in [-0.15, -0.1) is 0 Å². The third-order valence-corrected chi connectivity index (χ3v) is 2.10. The average molecular weight is 176 g/mol. The number of unbranched alkanes of at least 4 members (excludes halogenated alkanes) is 1. The second-order valence-electron chi connectivity index (χ2n) is 3.18. The second-order valence-corrected chi connectivity index (χ2v) is 3.18. The number of aromatic hydroxyl groups is 1. The van der Waals surface area contributed by atoms with Crippen LogP contribution >= 0.6 is 0 Å². The van der Waals surface area contributed by atoms with Crippen LogP contribution in [0.4, 0.5) is 0 Å². The van der Waals surface area contributed by atoms with Crippen molar-refractivity contribution in [3.63, 3.8) is 0 Å². The standard InChI is InChI=1S/C12H16O/c1-3-4-5-7-11-8-6-9-12(13)10(11)2/h5-9,13H,3-4H2,1-2H3. The molecule has 0 bridgehead atoms. The fourth-order valence-corrected chi connectivity index (χ4v) is 1.20. The monoisotopic (exact) mass is 176 g/mol. The lowest BCUT2D eigenvalue weighted by molar-refractivity contribution is 0.471. The van der Waals surface area contributed by atoms with Crippen LogP contribution in [0.2, 0.25) is 0 Å². The molecule has 0 aliphatic rings. The van der Waals surface area contributed by atoms with Gasteiger partial charge in [0, 0.05) is 0 Å². The van der Waals surface area contributed by atoms with Crippen LogP contribution in [0.3, 0.4) is 0 Å². The van der Waals surface area contributed by atoms with Crippen LogP contribution in [-0.2, 0) is 0 Å². The molecule has 0 saturated carbocycles. The van der Waals surface area contributed by atoms with Crippen molar-refractivity contribution < 1.29 is 5.11 Å². The van der Waals surface area contributed by atoms with Crippen LogP contribution in [0.25, 0.3) is 6.08 Å². The largest absolute Gasteiger partial charge is 0.508 e. The van der Waals surface area contributed by atoms with Crippen molar-refractivity contribution in [3.05, 3.63) is 35.4 Å². The third-order valence-electron chi connectivity index (χ3n) is 2.10. The smallest absolute Gasteiger partial charge is 0.119 e. The summed E-state index contributed by atoms with van der Waals surface area (Å²) in [6.45, 7) is 4.08. The highest BCUT2D eigenvalue weighted by Gasteiger charge is 1.97. The molecule has 70 valence electrons. The number of rotatable bonds is 3. The Balaban J connectivity index is 2.83. The quantitative estimate of drug-likeness (QED) is 0.747. The van der Waals surface area contributed by atoms with Gasteiger partial charge in [-0.2, -0.15) is 0 Å². The summed E-state index contributed by atoms with van der Waals surface area (Å²) in [6.07, 6.45) is 6.46. The Morgan fingerprint density at radius 2 is 2.15 bits per heavy atom. The number of benzene rings is 1. The number of phenolic OH excluding ortho intramolecular Hbond substituents is 1. The Morgan fingerprint density at radius 3 is 2.85 bits per heavy atom. The summed E-state index contributed by atoms with van der Waals surface area (Å²) in [4.78, 5) is 0. The normalized spacial score (nSPS) is 10.9. The van der Waals surface area contributed by atoms with Crippen LogP contribution < -0.4 is 0 Å². The molecule has 1 rings (SSSR count). The molecule has 0 unspecified atom stereocenters. The van der Waals surface area contributed by atoms with E-state index >= 15 is 0 Å². The van der Waals surface area contributed by atoms with E-state index in [0.29, 0.717) is 5.75 Å². The minimum atomic E-state index is 0.374. The molecule has 0 aromatic heterocycles. The van der Waals surface area contributed by atoms with Crippen molar-refractivity contribution in [2.45, 2.75) is 26.7 Å². The molecule has 0 amide bonds. The molecule has 13 heavy (non-hydrogen) atoms. The predicted octanol–water partition coefficient (Wildman–Crippen LogP) is 3.51. The van der Waals surface area contributed by atoms with Crippen molar-refractivity contribution in [2.24, 2.45) is 0 Å². The Morgan fingerprint density at radius 1 is 1.38 bits per heavy atom. The summed E-state index contributed by atoms with van der Waals surface area (Å²) in [7, 11) is 0. The highest BCUT2D eigenvalue weighted by atomic mass is 16.3. The summed E-state index contributed by atoms with van der Waals surface area (Å²) >= 11 is 0. The molecule has 1 aromatic rings. The second kappa shape index (κ2) is 4.70. The highest BCUT2D eigenvalue weighted by Crippen LogP contribution is 2.20. The van der Waals surface area contributed by atoms with Gasteiger partial charge < -0.3 is 5.11 Å². The van der Waals surface area contributed by atoms with Crippen molar-refractivity contribution in [3.8, 4) is 5.75 Å². The van der Waals surface area contributed by atoms with Crippen LogP contribution in [0.15, 0.2) is 24.3 Å². The highest BCUT2D eigenvalue weighted by molar-refractivity contribution is 5.56. The Labute approximate surface area is 79.7 Å². The molecule has 0 aliphatic heterocycles. The maximum absolute atomic E-state index is 9.42. The van der Waals surface area contributed by atoms with Crippen molar-refractivity contribution in [1.82, 2.24) is 0 Å². The van der Waals surface area contributed by atoms with Gasteiger partial charge in [0.2, 0.25) is 0 Å². The molecular formula is C12H16O. The lowest BCUT2D eigenvalue weighted by atomic mass is 10.1. The number of allylic oxidation sites excluding steroid dienone is 1. The van der Waals surface area contributed by atoms with Crippen molar-refractivity contribution >= 4 is 6.08 Å². The average Bonchev–Trinajstić information content (AvgIpc) is 2.13. The Bertz CT molecular complexity index is 300. The Hall–Kier alpha value is -1.24. The van der Waals surface area contributed by atoms with E-state index in [1.165, 1.54) is 0 Å². The molecular weight excluding hydrogens is 160 g/mol. The molecule has 1 heteroatoms. The molecule has 1 N–H and O–H groups in total. The van der Waals surface area contributed by atoms with E-state index < -0.39 is 0 Å². The molecule has 0 fully saturated rings. The fourth-order valence-electron chi connectivity index (χ4n) is 1.20. The van der Waals surface area contributed by atoms with E-state index in [-0.39, 0.29) is 0 Å². The molecule has 0 aliphatic carbocycles. The minimum absolute atomic E-state index is 0.374. The maximum Gasteiger partial charge on any atom is 0.119 e. The molecule has 0 atom stereocenters. The summed E-state index contributed by atoms with van der Waals surface area (Å²) in [6, 6.07) is 5.60. The Kier molecular flexibility index (Phi) is 3.56. The van der Waals surface area contributed by atoms with Gasteiger partial charge in [-0.3, -0.25) is 0 Å². The van der Waals surface area contributed by atoms with E-state index in [9.17, 15) is 5.11 Å². The fraction of sp³-hybridized carbons (Fsp3) is 0.333. The lowest BCUT2D eigenvalue weighted by Crippen LogP contribution is -1.80. The molecule has 1 aromatic carbocycles. The molecule has 0 spiro atoms. The zero-order valence-electron chi connectivity index (χ0n) is 8.25. The number of hydrogen-bond acceptors (Lipinski definition) is 1. The van der Waals surface area contributed by atoms with Crippen LogP contribution in [0.1, 0.15) is 30.9 Å². The van der Waals surface area contributed by atoms with Gasteiger partial charge in [0.05, 0.1) is 0 Å². The first-order valence-corrected chi connectivity index (χ1v) is 4.70. The molecule has 0 radical (unpaired) electrons. The van der Waals surface area contributed by atoms with Gasteiger partial charge in [0.25, 0.3) is 0 Å². The summed E-state index contributed by atoms with van der Waals surface area (Å²) in [5.74, 6) is 0.374. The number of phenols is 1. The maximum atomic E-state index is 9.42.